The fourth-order valence-electron chi connectivity index (χ4n) is 4.25. The Balaban J connectivity index is 1.47. The average molecular weight is 478 g/mol. The minimum Gasteiger partial charge on any atom is -0.337 e. The number of piperidine rings is 1. The molecule has 1 aliphatic heterocycles. The maximum Gasteiger partial charge on any atom is 0.319 e. The van der Waals surface area contributed by atoms with E-state index in [9.17, 15) is 17.6 Å². The van der Waals surface area contributed by atoms with Gasteiger partial charge in [0, 0.05) is 42.8 Å². The van der Waals surface area contributed by atoms with E-state index in [0.717, 1.165) is 11.4 Å². The number of nitrogens with zero attached hydrogens (tertiary/aromatic N) is 3. The highest BCUT2D eigenvalue weighted by molar-refractivity contribution is 7.89. The first-order chi connectivity index (χ1) is 15.7. The van der Waals surface area contributed by atoms with Crippen LogP contribution in [0.5, 0.6) is 0 Å². The third-order valence-corrected chi connectivity index (χ3v) is 7.81. The van der Waals surface area contributed by atoms with E-state index in [4.69, 9.17) is 0 Å². The van der Waals surface area contributed by atoms with Crippen molar-refractivity contribution in [2.45, 2.75) is 44.6 Å². The molecule has 0 spiro atoms. The number of benzene rings is 1. The summed E-state index contributed by atoms with van der Waals surface area (Å²) in [6, 6.07) is 8.67. The van der Waals surface area contributed by atoms with Crippen LogP contribution in [-0.4, -0.2) is 67.4 Å². The van der Waals surface area contributed by atoms with E-state index in [1.54, 1.807) is 6.92 Å². The zero-order valence-corrected chi connectivity index (χ0v) is 20.2. The highest BCUT2D eigenvalue weighted by Gasteiger charge is 2.34. The Morgan fingerprint density at radius 3 is 2.42 bits per heavy atom. The van der Waals surface area contributed by atoms with Crippen LogP contribution in [0.15, 0.2) is 41.3 Å². The SMILES string of the molecule is CCN(C1CCN(CCNC(=O)Nc2cc(C)nc(C)c2)CC1)S(=O)(=O)c1ccccc1F. The molecule has 3 rings (SSSR count). The van der Waals surface area contributed by atoms with Crippen LogP contribution in [0.25, 0.3) is 0 Å². The van der Waals surface area contributed by atoms with Crippen molar-refractivity contribution in [1.29, 1.82) is 0 Å². The average Bonchev–Trinajstić information content (AvgIpc) is 2.74. The van der Waals surface area contributed by atoms with Gasteiger partial charge < -0.3 is 15.5 Å². The van der Waals surface area contributed by atoms with Gasteiger partial charge in [-0.3, -0.25) is 4.98 Å². The summed E-state index contributed by atoms with van der Waals surface area (Å²) in [5, 5.41) is 5.67. The van der Waals surface area contributed by atoms with Crippen molar-refractivity contribution in [2.75, 3.05) is 38.0 Å². The van der Waals surface area contributed by atoms with E-state index in [2.05, 4.69) is 20.5 Å². The Morgan fingerprint density at radius 1 is 1.18 bits per heavy atom. The van der Waals surface area contributed by atoms with Gasteiger partial charge in [0.1, 0.15) is 10.7 Å². The summed E-state index contributed by atoms with van der Waals surface area (Å²) in [6.07, 6.45) is 1.31. The zero-order valence-electron chi connectivity index (χ0n) is 19.3. The molecule has 0 radical (unpaired) electrons. The Kier molecular flexibility index (Phi) is 8.39. The largest absolute Gasteiger partial charge is 0.337 e. The lowest BCUT2D eigenvalue weighted by molar-refractivity contribution is 0.162. The number of aromatic nitrogens is 1. The number of sulfonamides is 1. The fourth-order valence-corrected chi connectivity index (χ4v) is 6.01. The summed E-state index contributed by atoms with van der Waals surface area (Å²) in [5.41, 5.74) is 2.38. The van der Waals surface area contributed by atoms with Crippen molar-refractivity contribution in [2.24, 2.45) is 0 Å². The normalized spacial score (nSPS) is 15.5. The van der Waals surface area contributed by atoms with Crippen molar-refractivity contribution in [1.82, 2.24) is 19.5 Å². The van der Waals surface area contributed by atoms with Crippen LogP contribution in [-0.2, 0) is 10.0 Å². The fraction of sp³-hybridized carbons (Fsp3) is 0.478. The number of amides is 2. The van der Waals surface area contributed by atoms with Crippen molar-refractivity contribution in [3.05, 3.63) is 53.6 Å². The Bertz CT molecular complexity index is 1050. The first kappa shape index (κ1) is 25.1. The number of aryl methyl sites for hydroxylation is 2. The standard InChI is InChI=1S/C23H32FN5O3S/c1-4-29(33(31,32)22-8-6-5-7-21(22)24)20-9-12-28(13-10-20)14-11-25-23(30)27-19-15-17(2)26-18(3)16-19/h5-8,15-16,20H,4,9-14H2,1-3H3,(H2,25,26,27,30). The summed E-state index contributed by atoms with van der Waals surface area (Å²) >= 11 is 0. The predicted molar refractivity (Wildman–Crippen MR) is 126 cm³/mol. The third kappa shape index (κ3) is 6.49. The predicted octanol–water partition coefficient (Wildman–Crippen LogP) is 3.13. The molecule has 1 saturated heterocycles. The molecule has 2 heterocycles. The van der Waals surface area contributed by atoms with Crippen molar-refractivity contribution in [3.63, 3.8) is 0 Å². The van der Waals surface area contributed by atoms with Crippen LogP contribution in [0.3, 0.4) is 0 Å². The van der Waals surface area contributed by atoms with Crippen LogP contribution in [0.2, 0.25) is 0 Å². The maximum absolute atomic E-state index is 14.1. The van der Waals surface area contributed by atoms with Gasteiger partial charge in [-0.15, -0.1) is 0 Å². The molecule has 0 atom stereocenters. The molecule has 1 aromatic carbocycles. The van der Waals surface area contributed by atoms with Gasteiger partial charge in [-0.2, -0.15) is 4.31 Å². The number of hydrogen-bond acceptors (Lipinski definition) is 5. The number of pyridine rings is 1. The lowest BCUT2D eigenvalue weighted by Gasteiger charge is -2.37. The number of urea groups is 1. The van der Waals surface area contributed by atoms with Gasteiger partial charge in [-0.25, -0.2) is 17.6 Å². The number of likely N-dealkylation sites (tertiary alicyclic amines) is 1. The van der Waals surface area contributed by atoms with Gasteiger partial charge >= 0.3 is 6.03 Å². The minimum absolute atomic E-state index is 0.176. The van der Waals surface area contributed by atoms with Crippen molar-refractivity contribution >= 4 is 21.7 Å². The molecule has 0 bridgehead atoms. The maximum atomic E-state index is 14.1. The number of halogens is 1. The highest BCUT2D eigenvalue weighted by atomic mass is 32.2. The number of carbonyl (C=O) groups excluding carboxylic acids is 1. The van der Waals surface area contributed by atoms with E-state index in [1.807, 2.05) is 26.0 Å². The first-order valence-corrected chi connectivity index (χ1v) is 12.6. The monoisotopic (exact) mass is 477 g/mol. The zero-order chi connectivity index (χ0) is 24.0. The third-order valence-electron chi connectivity index (χ3n) is 5.75. The quantitative estimate of drug-likeness (QED) is 0.609. The first-order valence-electron chi connectivity index (χ1n) is 11.2. The van der Waals surface area contributed by atoms with Crippen LogP contribution >= 0.6 is 0 Å². The Morgan fingerprint density at radius 2 is 1.82 bits per heavy atom. The van der Waals surface area contributed by atoms with Gasteiger partial charge in [0.2, 0.25) is 10.0 Å². The van der Waals surface area contributed by atoms with Gasteiger partial charge in [0.05, 0.1) is 0 Å². The lowest BCUT2D eigenvalue weighted by atomic mass is 10.1. The van der Waals surface area contributed by atoms with Gasteiger partial charge in [0.25, 0.3) is 0 Å². The second kappa shape index (κ2) is 11.0. The molecule has 10 heteroatoms. The van der Waals surface area contributed by atoms with Crippen molar-refractivity contribution < 1.29 is 17.6 Å². The van der Waals surface area contributed by atoms with Crippen LogP contribution in [0, 0.1) is 19.7 Å². The number of anilines is 1. The highest BCUT2D eigenvalue weighted by Crippen LogP contribution is 2.25. The molecule has 1 aliphatic rings. The molecule has 180 valence electrons. The Labute approximate surface area is 195 Å². The smallest absolute Gasteiger partial charge is 0.319 e. The summed E-state index contributed by atoms with van der Waals surface area (Å²) in [7, 11) is -3.89. The van der Waals surface area contributed by atoms with E-state index < -0.39 is 15.8 Å². The van der Waals surface area contributed by atoms with Gasteiger partial charge in [0.15, 0.2) is 0 Å². The Hall–Kier alpha value is -2.56. The molecule has 2 aromatic rings. The molecule has 33 heavy (non-hydrogen) atoms. The number of carbonyl (C=O) groups is 1. The van der Waals surface area contributed by atoms with Crippen LogP contribution < -0.4 is 10.6 Å². The number of nitrogens with one attached hydrogen (secondary N) is 2. The summed E-state index contributed by atoms with van der Waals surface area (Å²) in [4.78, 5) is 18.4. The van der Waals surface area contributed by atoms with Crippen LogP contribution in [0.4, 0.5) is 14.9 Å². The second-order valence-corrected chi connectivity index (χ2v) is 10.1. The molecule has 0 aliphatic carbocycles. The van der Waals surface area contributed by atoms with E-state index in [1.165, 1.54) is 28.6 Å². The molecular formula is C23H32FN5O3S. The summed E-state index contributed by atoms with van der Waals surface area (Å²) in [6.45, 7) is 8.38. The summed E-state index contributed by atoms with van der Waals surface area (Å²) in [5.74, 6) is -0.727. The van der Waals surface area contributed by atoms with E-state index in [-0.39, 0.29) is 23.5 Å². The number of rotatable bonds is 8. The summed E-state index contributed by atoms with van der Waals surface area (Å²) < 4.78 is 41.6. The molecule has 2 N–H and O–H groups in total. The van der Waals surface area contributed by atoms with Crippen LogP contribution in [0.1, 0.15) is 31.2 Å². The van der Waals surface area contributed by atoms with Crippen molar-refractivity contribution in [3.8, 4) is 0 Å². The molecule has 1 aromatic heterocycles. The molecule has 2 amide bonds. The molecule has 0 saturated carbocycles. The molecule has 1 fully saturated rings. The topological polar surface area (TPSA) is 94.6 Å². The molecule has 8 nitrogen and oxygen atoms in total. The second-order valence-electron chi connectivity index (χ2n) is 8.23. The minimum atomic E-state index is -3.89. The lowest BCUT2D eigenvalue weighted by Crippen LogP contribution is -2.48. The van der Waals surface area contributed by atoms with Gasteiger partial charge in [-0.05, 0) is 64.0 Å². The molecular weight excluding hydrogens is 445 g/mol. The molecule has 0 unspecified atom stereocenters. The van der Waals surface area contributed by atoms with E-state index >= 15 is 0 Å². The number of hydrogen-bond donors (Lipinski definition) is 2. The van der Waals surface area contributed by atoms with E-state index in [0.29, 0.717) is 44.7 Å². The van der Waals surface area contributed by atoms with Gasteiger partial charge in [-0.1, -0.05) is 19.1 Å².